The van der Waals surface area contributed by atoms with Crippen LogP contribution in [0.3, 0.4) is 0 Å². The fourth-order valence-electron chi connectivity index (χ4n) is 2.51. The predicted molar refractivity (Wildman–Crippen MR) is 102 cm³/mol. The van der Waals surface area contributed by atoms with Crippen molar-refractivity contribution in [3.8, 4) is 0 Å². The molecule has 1 aromatic heterocycles. The van der Waals surface area contributed by atoms with Crippen molar-refractivity contribution in [2.24, 2.45) is 0 Å². The Labute approximate surface area is 163 Å². The van der Waals surface area contributed by atoms with Crippen LogP contribution in [0.25, 0.3) is 0 Å². The number of nitrogens with zero attached hydrogens (tertiary/aromatic N) is 1. The number of aromatic nitrogens is 1. The number of pyridine rings is 1. The molecule has 1 unspecified atom stereocenters. The molecule has 3 aromatic rings. The third-order valence-electron chi connectivity index (χ3n) is 4.01. The van der Waals surface area contributed by atoms with Gasteiger partial charge in [0.15, 0.2) is 0 Å². The Kier molecular flexibility index (Phi) is 6.51. The molecule has 7 heteroatoms. The molecule has 0 bridgehead atoms. The predicted octanol–water partition coefficient (Wildman–Crippen LogP) is 4.19. The van der Waals surface area contributed by atoms with Crippen LogP contribution in [0.4, 0.5) is 4.39 Å². The number of ether oxygens (including phenoxy) is 1. The van der Waals surface area contributed by atoms with Crippen molar-refractivity contribution in [1.82, 2.24) is 4.98 Å². The maximum Gasteiger partial charge on any atom is 0.297 e. The molecule has 0 amide bonds. The highest BCUT2D eigenvalue weighted by Gasteiger charge is 2.24. The molecule has 0 spiro atoms. The maximum atomic E-state index is 13.2. The summed E-state index contributed by atoms with van der Waals surface area (Å²) in [6, 6.07) is 18.4. The van der Waals surface area contributed by atoms with Gasteiger partial charge in [0.25, 0.3) is 10.1 Å². The van der Waals surface area contributed by atoms with Gasteiger partial charge >= 0.3 is 0 Å². The first-order valence-electron chi connectivity index (χ1n) is 8.67. The van der Waals surface area contributed by atoms with E-state index in [4.69, 9.17) is 8.92 Å². The van der Waals surface area contributed by atoms with Crippen molar-refractivity contribution in [3.05, 3.63) is 95.6 Å². The van der Waals surface area contributed by atoms with Gasteiger partial charge in [0.05, 0.1) is 30.0 Å². The monoisotopic (exact) mass is 401 g/mol. The van der Waals surface area contributed by atoms with Gasteiger partial charge in [0, 0.05) is 0 Å². The van der Waals surface area contributed by atoms with Gasteiger partial charge in [0.2, 0.25) is 0 Å². The Morgan fingerprint density at radius 1 is 1.00 bits per heavy atom. The Morgan fingerprint density at radius 3 is 2.36 bits per heavy atom. The fourth-order valence-corrected chi connectivity index (χ4v) is 3.55. The zero-order chi connectivity index (χ0) is 20.0. The van der Waals surface area contributed by atoms with Crippen LogP contribution in [0.1, 0.15) is 22.9 Å². The normalized spacial score (nSPS) is 12.6. The summed E-state index contributed by atoms with van der Waals surface area (Å²) in [4.78, 5) is 3.99. The summed E-state index contributed by atoms with van der Waals surface area (Å²) >= 11 is 0. The Balaban J connectivity index is 1.77. The average molecular weight is 401 g/mol. The standard InChI is InChI=1S/C21H20FNO4S/c1-16-7-10-19(11-8-16)28(24,25)27-21(20-12-9-18(22)13-23-20)15-26-14-17-5-3-2-4-6-17/h2-13,21H,14-15H2,1H3. The lowest BCUT2D eigenvalue weighted by atomic mass is 10.2. The smallest absolute Gasteiger partial charge is 0.297 e. The zero-order valence-corrected chi connectivity index (χ0v) is 16.1. The van der Waals surface area contributed by atoms with Crippen LogP contribution in [0.15, 0.2) is 77.8 Å². The molecule has 0 aliphatic rings. The van der Waals surface area contributed by atoms with Crippen molar-refractivity contribution < 1.29 is 21.7 Å². The molecule has 0 saturated carbocycles. The molecule has 28 heavy (non-hydrogen) atoms. The van der Waals surface area contributed by atoms with Crippen molar-refractivity contribution in [1.29, 1.82) is 0 Å². The highest BCUT2D eigenvalue weighted by molar-refractivity contribution is 7.86. The molecule has 1 heterocycles. The molecule has 3 rings (SSSR count). The first kappa shape index (κ1) is 20.1. The van der Waals surface area contributed by atoms with E-state index in [0.717, 1.165) is 17.3 Å². The molecule has 0 aliphatic carbocycles. The van der Waals surface area contributed by atoms with Crippen LogP contribution in [-0.2, 0) is 25.6 Å². The molecule has 5 nitrogen and oxygen atoms in total. The molecular formula is C21H20FNO4S. The van der Waals surface area contributed by atoms with Crippen LogP contribution >= 0.6 is 0 Å². The van der Waals surface area contributed by atoms with E-state index in [1.165, 1.54) is 24.3 Å². The maximum absolute atomic E-state index is 13.2. The minimum atomic E-state index is -4.04. The minimum absolute atomic E-state index is 0.0354. The molecule has 0 fully saturated rings. The second-order valence-electron chi connectivity index (χ2n) is 6.25. The second-order valence-corrected chi connectivity index (χ2v) is 7.83. The highest BCUT2D eigenvalue weighted by atomic mass is 32.2. The van der Waals surface area contributed by atoms with E-state index in [9.17, 15) is 12.8 Å². The lowest BCUT2D eigenvalue weighted by molar-refractivity contribution is 0.0416. The molecule has 2 aromatic carbocycles. The second kappa shape index (κ2) is 9.05. The number of hydrogen-bond acceptors (Lipinski definition) is 5. The lowest BCUT2D eigenvalue weighted by Crippen LogP contribution is -2.18. The summed E-state index contributed by atoms with van der Waals surface area (Å²) in [5.74, 6) is -0.519. The van der Waals surface area contributed by atoms with Crippen molar-refractivity contribution in [2.75, 3.05) is 6.61 Å². The van der Waals surface area contributed by atoms with Crippen LogP contribution in [0.2, 0.25) is 0 Å². The number of benzene rings is 2. The molecule has 0 saturated heterocycles. The summed E-state index contributed by atoms with van der Waals surface area (Å²) in [6.45, 7) is 2.09. The van der Waals surface area contributed by atoms with Crippen LogP contribution in [0, 0.1) is 12.7 Å². The van der Waals surface area contributed by atoms with E-state index < -0.39 is 22.0 Å². The largest absolute Gasteiger partial charge is 0.374 e. The van der Waals surface area contributed by atoms with Gasteiger partial charge in [-0.2, -0.15) is 8.42 Å². The lowest BCUT2D eigenvalue weighted by Gasteiger charge is -2.17. The Bertz CT molecular complexity index is 991. The molecule has 0 N–H and O–H groups in total. The first-order chi connectivity index (χ1) is 13.4. The van der Waals surface area contributed by atoms with E-state index in [-0.39, 0.29) is 23.8 Å². The fraction of sp³-hybridized carbons (Fsp3) is 0.190. The van der Waals surface area contributed by atoms with E-state index >= 15 is 0 Å². The Hall–Kier alpha value is -2.61. The van der Waals surface area contributed by atoms with E-state index in [2.05, 4.69) is 4.98 Å². The molecule has 1 atom stereocenters. The topological polar surface area (TPSA) is 65.5 Å². The van der Waals surface area contributed by atoms with Gasteiger partial charge in [-0.1, -0.05) is 48.0 Å². The van der Waals surface area contributed by atoms with Gasteiger partial charge in [0.1, 0.15) is 11.9 Å². The summed E-state index contributed by atoms with van der Waals surface area (Å²) in [5, 5.41) is 0. The van der Waals surface area contributed by atoms with E-state index in [1.807, 2.05) is 37.3 Å². The van der Waals surface area contributed by atoms with Gasteiger partial charge in [-0.25, -0.2) is 4.39 Å². The average Bonchev–Trinajstić information content (AvgIpc) is 2.69. The quantitative estimate of drug-likeness (QED) is 0.530. The summed E-state index contributed by atoms with van der Waals surface area (Å²) in [6.07, 6.45) is 0.0112. The van der Waals surface area contributed by atoms with E-state index in [1.54, 1.807) is 12.1 Å². The number of aryl methyl sites for hydroxylation is 1. The number of hydrogen-bond donors (Lipinski definition) is 0. The van der Waals surface area contributed by atoms with Crippen LogP contribution in [0.5, 0.6) is 0 Å². The van der Waals surface area contributed by atoms with E-state index in [0.29, 0.717) is 0 Å². The first-order valence-corrected chi connectivity index (χ1v) is 10.1. The molecule has 146 valence electrons. The summed E-state index contributed by atoms with van der Waals surface area (Å²) in [5.41, 5.74) is 2.14. The third kappa shape index (κ3) is 5.45. The third-order valence-corrected chi connectivity index (χ3v) is 5.35. The molecule has 0 radical (unpaired) electrons. The van der Waals surface area contributed by atoms with Crippen molar-refractivity contribution in [3.63, 3.8) is 0 Å². The van der Waals surface area contributed by atoms with Crippen LogP contribution in [-0.4, -0.2) is 20.0 Å². The zero-order valence-electron chi connectivity index (χ0n) is 15.3. The van der Waals surface area contributed by atoms with Gasteiger partial charge in [-0.3, -0.25) is 9.17 Å². The number of halogens is 1. The minimum Gasteiger partial charge on any atom is -0.374 e. The van der Waals surface area contributed by atoms with Crippen molar-refractivity contribution in [2.45, 2.75) is 24.5 Å². The SMILES string of the molecule is Cc1ccc(S(=O)(=O)OC(COCc2ccccc2)c2ccc(F)cn2)cc1. The molecular weight excluding hydrogens is 381 g/mol. The van der Waals surface area contributed by atoms with Gasteiger partial charge < -0.3 is 4.74 Å². The van der Waals surface area contributed by atoms with Crippen molar-refractivity contribution >= 4 is 10.1 Å². The van der Waals surface area contributed by atoms with Gasteiger partial charge in [-0.05, 0) is 36.8 Å². The highest BCUT2D eigenvalue weighted by Crippen LogP contribution is 2.24. The summed E-state index contributed by atoms with van der Waals surface area (Å²) < 4.78 is 49.5. The van der Waals surface area contributed by atoms with Crippen LogP contribution < -0.4 is 0 Å². The summed E-state index contributed by atoms with van der Waals surface area (Å²) in [7, 11) is -4.04. The molecule has 0 aliphatic heterocycles. The van der Waals surface area contributed by atoms with Gasteiger partial charge in [-0.15, -0.1) is 0 Å². The number of rotatable bonds is 8. The Morgan fingerprint density at radius 2 is 1.71 bits per heavy atom.